The van der Waals surface area contributed by atoms with Crippen molar-refractivity contribution in [2.75, 3.05) is 7.11 Å². The lowest BCUT2D eigenvalue weighted by atomic mass is 10.0. The Labute approximate surface area is 157 Å². The van der Waals surface area contributed by atoms with Gasteiger partial charge in [-0.25, -0.2) is 0 Å². The number of methoxy groups -OCH3 is 1. The summed E-state index contributed by atoms with van der Waals surface area (Å²) in [6.07, 6.45) is 0.700. The van der Waals surface area contributed by atoms with Gasteiger partial charge in [0, 0.05) is 17.5 Å². The maximum absolute atomic E-state index is 9.98. The zero-order valence-corrected chi connectivity index (χ0v) is 15.5. The molecule has 5 nitrogen and oxygen atoms in total. The van der Waals surface area contributed by atoms with Crippen LogP contribution in [0.2, 0.25) is 0 Å². The lowest BCUT2D eigenvalue weighted by molar-refractivity contribution is 0.383. The molecular formula is C22H19N3O2. The molecule has 0 saturated carbocycles. The van der Waals surface area contributed by atoms with Gasteiger partial charge >= 0.3 is 0 Å². The van der Waals surface area contributed by atoms with Crippen LogP contribution >= 0.6 is 0 Å². The summed E-state index contributed by atoms with van der Waals surface area (Å²) in [5, 5.41) is 15.0. The Balaban J connectivity index is 2.13. The molecule has 0 aliphatic carbocycles. The van der Waals surface area contributed by atoms with Gasteiger partial charge in [0.15, 0.2) is 0 Å². The molecule has 0 fully saturated rings. The smallest absolute Gasteiger partial charge is 0.146 e. The zero-order valence-electron chi connectivity index (χ0n) is 15.5. The third kappa shape index (κ3) is 2.58. The number of nitrogens with zero attached hydrogens (tertiary/aromatic N) is 3. The number of rotatable bonds is 4. The van der Waals surface area contributed by atoms with Crippen LogP contribution in [0, 0.1) is 18.3 Å². The van der Waals surface area contributed by atoms with Crippen molar-refractivity contribution in [3.05, 3.63) is 65.5 Å². The van der Waals surface area contributed by atoms with Gasteiger partial charge in [-0.05, 0) is 37.3 Å². The van der Waals surface area contributed by atoms with Crippen LogP contribution in [-0.2, 0) is 6.42 Å². The van der Waals surface area contributed by atoms with Crippen molar-refractivity contribution in [1.29, 1.82) is 5.26 Å². The summed E-state index contributed by atoms with van der Waals surface area (Å²) in [4.78, 5) is 0. The van der Waals surface area contributed by atoms with E-state index < -0.39 is 0 Å². The second-order valence-corrected chi connectivity index (χ2v) is 6.31. The van der Waals surface area contributed by atoms with Crippen LogP contribution in [0.15, 0.2) is 53.1 Å². The first-order chi connectivity index (χ1) is 13.2. The molecule has 4 aromatic rings. The summed E-state index contributed by atoms with van der Waals surface area (Å²) >= 11 is 0. The molecule has 2 aromatic carbocycles. The minimum atomic E-state index is 0.627. The van der Waals surface area contributed by atoms with E-state index in [2.05, 4.69) is 15.8 Å². The Morgan fingerprint density at radius 3 is 2.56 bits per heavy atom. The molecule has 4 rings (SSSR count). The molecule has 0 bridgehead atoms. The van der Waals surface area contributed by atoms with Gasteiger partial charge in [0.1, 0.15) is 17.6 Å². The molecule has 0 spiro atoms. The van der Waals surface area contributed by atoms with Gasteiger partial charge in [-0.1, -0.05) is 30.3 Å². The monoisotopic (exact) mass is 357 g/mol. The topological polar surface area (TPSA) is 64.0 Å². The lowest BCUT2D eigenvalue weighted by Crippen LogP contribution is -2.00. The normalized spacial score (nSPS) is 10.9. The minimum Gasteiger partial charge on any atom is -0.497 e. The number of hydrogen-bond donors (Lipinski definition) is 0. The lowest BCUT2D eigenvalue weighted by Gasteiger charge is -2.12. The van der Waals surface area contributed by atoms with Gasteiger partial charge in [0.2, 0.25) is 0 Å². The molecule has 0 saturated heterocycles. The van der Waals surface area contributed by atoms with Crippen molar-refractivity contribution in [2.45, 2.75) is 20.3 Å². The van der Waals surface area contributed by atoms with Crippen molar-refractivity contribution in [3.8, 4) is 28.8 Å². The summed E-state index contributed by atoms with van der Waals surface area (Å²) in [7, 11) is 1.65. The predicted octanol–water partition coefficient (Wildman–Crippen LogP) is 5.04. The van der Waals surface area contributed by atoms with Gasteiger partial charge in [-0.3, -0.25) is 0 Å². The third-order valence-corrected chi connectivity index (χ3v) is 4.81. The Morgan fingerprint density at radius 1 is 1.15 bits per heavy atom. The van der Waals surface area contributed by atoms with E-state index in [1.165, 1.54) is 0 Å². The number of hydrogen-bond acceptors (Lipinski definition) is 4. The van der Waals surface area contributed by atoms with Crippen molar-refractivity contribution in [1.82, 2.24) is 9.72 Å². The Hall–Kier alpha value is -3.52. The molecule has 0 amide bonds. The average molecular weight is 357 g/mol. The quantitative estimate of drug-likeness (QED) is 0.513. The maximum atomic E-state index is 9.98. The highest BCUT2D eigenvalue weighted by Gasteiger charge is 2.25. The summed E-state index contributed by atoms with van der Waals surface area (Å²) in [5.41, 5.74) is 5.03. The molecular weight excluding hydrogens is 338 g/mol. The number of benzene rings is 2. The van der Waals surface area contributed by atoms with E-state index in [0.717, 1.165) is 45.1 Å². The van der Waals surface area contributed by atoms with Gasteiger partial charge in [-0.15, -0.1) is 0 Å². The first-order valence-electron chi connectivity index (χ1n) is 8.83. The number of nitriles is 1. The van der Waals surface area contributed by atoms with Crippen LogP contribution in [0.25, 0.3) is 27.8 Å². The SMILES string of the molecule is CCc1onc(C)c1-c1c(C#N)c2ccccc2n1-c1ccc(OC)cc1. The molecule has 0 N–H and O–H groups in total. The molecule has 2 aromatic heterocycles. The average Bonchev–Trinajstić information content (AvgIpc) is 3.24. The highest BCUT2D eigenvalue weighted by molar-refractivity contribution is 5.96. The second-order valence-electron chi connectivity index (χ2n) is 6.31. The summed E-state index contributed by atoms with van der Waals surface area (Å²) < 4.78 is 12.9. The van der Waals surface area contributed by atoms with Crippen LogP contribution in [0.4, 0.5) is 0 Å². The van der Waals surface area contributed by atoms with E-state index in [4.69, 9.17) is 9.26 Å². The molecule has 0 atom stereocenters. The standard InChI is InChI=1S/C22H19N3O2/c1-4-20-21(14(2)24-27-20)22-18(13-23)17-7-5-6-8-19(17)25(22)15-9-11-16(26-3)12-10-15/h5-12H,4H2,1-3H3. The van der Waals surface area contributed by atoms with Gasteiger partial charge < -0.3 is 13.8 Å². The fourth-order valence-corrected chi connectivity index (χ4v) is 3.55. The molecule has 0 aliphatic heterocycles. The molecule has 0 unspecified atom stereocenters. The van der Waals surface area contributed by atoms with Crippen LogP contribution in [-0.4, -0.2) is 16.8 Å². The van der Waals surface area contributed by atoms with E-state index in [-0.39, 0.29) is 0 Å². The largest absolute Gasteiger partial charge is 0.497 e. The van der Waals surface area contributed by atoms with E-state index in [9.17, 15) is 5.26 Å². The first-order valence-corrected chi connectivity index (χ1v) is 8.83. The number of aryl methyl sites for hydroxylation is 2. The third-order valence-electron chi connectivity index (χ3n) is 4.81. The molecule has 0 radical (unpaired) electrons. The number of fused-ring (bicyclic) bond motifs is 1. The zero-order chi connectivity index (χ0) is 19.0. The molecule has 27 heavy (non-hydrogen) atoms. The van der Waals surface area contributed by atoms with Crippen LogP contribution < -0.4 is 4.74 Å². The van der Waals surface area contributed by atoms with Crippen molar-refractivity contribution in [2.24, 2.45) is 0 Å². The van der Waals surface area contributed by atoms with Gasteiger partial charge in [0.25, 0.3) is 0 Å². The van der Waals surface area contributed by atoms with Gasteiger partial charge in [0.05, 0.1) is 35.1 Å². The number of aromatic nitrogens is 2. The molecule has 5 heteroatoms. The Bertz CT molecular complexity index is 1160. The summed E-state index contributed by atoms with van der Waals surface area (Å²) in [6, 6.07) is 18.2. The fraction of sp³-hybridized carbons (Fsp3) is 0.182. The highest BCUT2D eigenvalue weighted by Crippen LogP contribution is 2.39. The second kappa shape index (κ2) is 6.65. The van der Waals surface area contributed by atoms with Crippen molar-refractivity contribution < 1.29 is 9.26 Å². The first kappa shape index (κ1) is 16.9. The molecule has 0 aliphatic rings. The molecule has 2 heterocycles. The summed E-state index contributed by atoms with van der Waals surface area (Å²) in [6.45, 7) is 3.94. The van der Waals surface area contributed by atoms with E-state index in [0.29, 0.717) is 12.0 Å². The highest BCUT2D eigenvalue weighted by atomic mass is 16.5. The predicted molar refractivity (Wildman–Crippen MR) is 104 cm³/mol. The van der Waals surface area contributed by atoms with Crippen LogP contribution in [0.5, 0.6) is 5.75 Å². The van der Waals surface area contributed by atoms with Gasteiger partial charge in [-0.2, -0.15) is 5.26 Å². The van der Waals surface area contributed by atoms with E-state index >= 15 is 0 Å². The fourth-order valence-electron chi connectivity index (χ4n) is 3.55. The number of ether oxygens (including phenoxy) is 1. The van der Waals surface area contributed by atoms with E-state index in [1.54, 1.807) is 7.11 Å². The number of para-hydroxylation sites is 1. The van der Waals surface area contributed by atoms with Crippen LogP contribution in [0.1, 0.15) is 23.9 Å². The van der Waals surface area contributed by atoms with Crippen molar-refractivity contribution >= 4 is 10.9 Å². The summed E-state index contributed by atoms with van der Waals surface area (Å²) in [5.74, 6) is 1.56. The Morgan fingerprint density at radius 2 is 1.89 bits per heavy atom. The van der Waals surface area contributed by atoms with Crippen molar-refractivity contribution in [3.63, 3.8) is 0 Å². The van der Waals surface area contributed by atoms with E-state index in [1.807, 2.05) is 62.4 Å². The minimum absolute atomic E-state index is 0.627. The Kier molecular flexibility index (Phi) is 4.17. The maximum Gasteiger partial charge on any atom is 0.146 e. The van der Waals surface area contributed by atoms with Crippen LogP contribution in [0.3, 0.4) is 0 Å². The molecule has 134 valence electrons.